The van der Waals surface area contributed by atoms with Crippen molar-refractivity contribution >= 4 is 23.0 Å². The Kier molecular flexibility index (Phi) is 9.65. The van der Waals surface area contributed by atoms with Gasteiger partial charge in [-0.3, -0.25) is 4.79 Å². The number of aryl methyl sites for hydroxylation is 1. The van der Waals surface area contributed by atoms with E-state index in [0.717, 1.165) is 12.8 Å². The van der Waals surface area contributed by atoms with Gasteiger partial charge >= 0.3 is 5.97 Å². The third kappa shape index (κ3) is 7.51. The van der Waals surface area contributed by atoms with Gasteiger partial charge in [0.15, 0.2) is 0 Å². The molecule has 0 radical (unpaired) electrons. The molecule has 0 saturated carbocycles. The minimum absolute atomic E-state index is 0.0857. The average molecular weight is 366 g/mol. The molecule has 140 valence electrons. The summed E-state index contributed by atoms with van der Waals surface area (Å²) in [6.45, 7) is 11.4. The van der Waals surface area contributed by atoms with Gasteiger partial charge in [-0.05, 0) is 51.3 Å². The van der Waals surface area contributed by atoms with Gasteiger partial charge in [0.05, 0.1) is 5.56 Å². The maximum absolute atomic E-state index is 12.2. The molecule has 1 aromatic rings. The van der Waals surface area contributed by atoms with E-state index in [2.05, 4.69) is 6.92 Å². The summed E-state index contributed by atoms with van der Waals surface area (Å²) in [5, 5.41) is 0.186. The van der Waals surface area contributed by atoms with E-state index >= 15 is 0 Å². The lowest BCUT2D eigenvalue weighted by atomic mass is 10.1. The van der Waals surface area contributed by atoms with Crippen LogP contribution in [-0.4, -0.2) is 40.6 Å². The molecule has 0 fully saturated rings. The van der Waals surface area contributed by atoms with Gasteiger partial charge < -0.3 is 9.64 Å². The molecule has 1 amide bonds. The molecule has 1 rings (SSSR count). The second-order valence-corrected chi connectivity index (χ2v) is 7.65. The van der Waals surface area contributed by atoms with Crippen molar-refractivity contribution < 1.29 is 14.3 Å². The molecule has 1 aromatic carbocycles. The number of ether oxygens (including phenoxy) is 1. The molecular formula is C20H31NO3S. The first-order valence-electron chi connectivity index (χ1n) is 9.16. The lowest BCUT2D eigenvalue weighted by Gasteiger charge is -2.22. The average Bonchev–Trinajstić information content (AvgIpc) is 2.56. The van der Waals surface area contributed by atoms with Crippen LogP contribution in [0.3, 0.4) is 0 Å². The molecule has 0 N–H and O–H groups in total. The highest BCUT2D eigenvalue weighted by molar-refractivity contribution is 8.14. The fraction of sp³-hybridized carbons (Fsp3) is 0.600. The van der Waals surface area contributed by atoms with Crippen LogP contribution in [0.15, 0.2) is 24.3 Å². The number of hydrogen-bond acceptors (Lipinski definition) is 4. The number of carbonyl (C=O) groups is 2. The van der Waals surface area contributed by atoms with Crippen LogP contribution >= 0.6 is 11.8 Å². The smallest absolute Gasteiger partial charge is 0.338 e. The normalized spacial score (nSPS) is 13.2. The number of carbonyl (C=O) groups excluding carboxylic acids is 2. The third-order valence-corrected chi connectivity index (χ3v) is 5.08. The maximum Gasteiger partial charge on any atom is 0.338 e. The van der Waals surface area contributed by atoms with Crippen molar-refractivity contribution in [2.45, 2.75) is 65.2 Å². The molecule has 0 bridgehead atoms. The Labute approximate surface area is 156 Å². The summed E-state index contributed by atoms with van der Waals surface area (Å²) < 4.78 is 5.52. The van der Waals surface area contributed by atoms with Gasteiger partial charge in [0.1, 0.15) is 6.10 Å². The molecular weight excluding hydrogens is 334 g/mol. The second-order valence-electron chi connectivity index (χ2n) is 6.27. The van der Waals surface area contributed by atoms with Crippen molar-refractivity contribution in [3.05, 3.63) is 35.4 Å². The SMILES string of the molecule is CCCc1ccc(C(=O)OC(C)CC(C)SC(=O)N(CC)CC)cc1. The Morgan fingerprint density at radius 3 is 2.20 bits per heavy atom. The Hall–Kier alpha value is -1.49. The first-order chi connectivity index (χ1) is 11.9. The first kappa shape index (κ1) is 21.6. The van der Waals surface area contributed by atoms with Crippen molar-refractivity contribution in [3.63, 3.8) is 0 Å². The molecule has 0 aliphatic carbocycles. The summed E-state index contributed by atoms with van der Waals surface area (Å²) >= 11 is 1.31. The zero-order chi connectivity index (χ0) is 18.8. The minimum atomic E-state index is -0.303. The second kappa shape index (κ2) is 11.2. The Bertz CT molecular complexity index is 540. The topological polar surface area (TPSA) is 46.6 Å². The number of esters is 1. The summed E-state index contributed by atoms with van der Waals surface area (Å²) in [5.41, 5.74) is 1.80. The van der Waals surface area contributed by atoms with Crippen LogP contribution in [0, 0.1) is 0 Å². The number of nitrogens with zero attached hydrogens (tertiary/aromatic N) is 1. The van der Waals surface area contributed by atoms with Crippen molar-refractivity contribution in [1.82, 2.24) is 4.90 Å². The molecule has 0 aromatic heterocycles. The third-order valence-electron chi connectivity index (χ3n) is 4.02. The Morgan fingerprint density at radius 2 is 1.68 bits per heavy atom. The van der Waals surface area contributed by atoms with E-state index in [9.17, 15) is 9.59 Å². The van der Waals surface area contributed by atoms with Crippen molar-refractivity contribution in [2.75, 3.05) is 13.1 Å². The fourth-order valence-electron chi connectivity index (χ4n) is 2.64. The highest BCUT2D eigenvalue weighted by Gasteiger charge is 2.19. The largest absolute Gasteiger partial charge is 0.459 e. The molecule has 0 aliphatic heterocycles. The predicted molar refractivity (Wildman–Crippen MR) is 105 cm³/mol. The van der Waals surface area contributed by atoms with E-state index in [4.69, 9.17) is 4.74 Å². The van der Waals surface area contributed by atoms with Crippen molar-refractivity contribution in [1.29, 1.82) is 0 Å². The van der Waals surface area contributed by atoms with Gasteiger partial charge in [-0.15, -0.1) is 0 Å². The molecule has 0 heterocycles. The zero-order valence-electron chi connectivity index (χ0n) is 16.1. The van der Waals surface area contributed by atoms with Crippen LogP contribution in [0.25, 0.3) is 0 Å². The number of thioether (sulfide) groups is 1. The predicted octanol–water partition coefficient (Wildman–Crippen LogP) is 5.16. The van der Waals surface area contributed by atoms with Gasteiger partial charge in [-0.25, -0.2) is 4.79 Å². The summed E-state index contributed by atoms with van der Waals surface area (Å²) in [6, 6.07) is 7.60. The first-order valence-corrected chi connectivity index (χ1v) is 10.0. The monoisotopic (exact) mass is 365 g/mol. The van der Waals surface area contributed by atoms with Crippen LogP contribution in [0.1, 0.15) is 63.4 Å². The van der Waals surface area contributed by atoms with Gasteiger partial charge in [-0.2, -0.15) is 0 Å². The molecule has 4 nitrogen and oxygen atoms in total. The highest BCUT2D eigenvalue weighted by atomic mass is 32.2. The lowest BCUT2D eigenvalue weighted by molar-refractivity contribution is 0.0326. The highest BCUT2D eigenvalue weighted by Crippen LogP contribution is 2.21. The zero-order valence-corrected chi connectivity index (χ0v) is 16.9. The molecule has 25 heavy (non-hydrogen) atoms. The fourth-order valence-corrected chi connectivity index (χ4v) is 3.76. The van der Waals surface area contributed by atoms with Gasteiger partial charge in [0.2, 0.25) is 0 Å². The van der Waals surface area contributed by atoms with Crippen LogP contribution in [0.2, 0.25) is 0 Å². The van der Waals surface area contributed by atoms with Crippen LogP contribution in [-0.2, 0) is 11.2 Å². The van der Waals surface area contributed by atoms with E-state index < -0.39 is 0 Å². The molecule has 5 heteroatoms. The van der Waals surface area contributed by atoms with Crippen LogP contribution in [0.5, 0.6) is 0 Å². The summed E-state index contributed by atoms with van der Waals surface area (Å²) in [4.78, 5) is 26.1. The molecule has 2 unspecified atom stereocenters. The van der Waals surface area contributed by atoms with E-state index in [1.165, 1.54) is 17.3 Å². The van der Waals surface area contributed by atoms with E-state index in [0.29, 0.717) is 25.1 Å². The summed E-state index contributed by atoms with van der Waals surface area (Å²) in [7, 11) is 0. The van der Waals surface area contributed by atoms with Gasteiger partial charge in [0, 0.05) is 18.3 Å². The van der Waals surface area contributed by atoms with E-state index in [1.807, 2.05) is 52.0 Å². The molecule has 0 saturated heterocycles. The van der Waals surface area contributed by atoms with Gasteiger partial charge in [0.25, 0.3) is 5.24 Å². The quantitative estimate of drug-likeness (QED) is 0.567. The number of rotatable bonds is 9. The Balaban J connectivity index is 2.48. The number of benzene rings is 1. The number of hydrogen-bond donors (Lipinski definition) is 0. The lowest BCUT2D eigenvalue weighted by Crippen LogP contribution is -2.29. The van der Waals surface area contributed by atoms with E-state index in [1.54, 1.807) is 4.90 Å². The molecule has 0 spiro atoms. The van der Waals surface area contributed by atoms with Crippen LogP contribution in [0.4, 0.5) is 4.79 Å². The van der Waals surface area contributed by atoms with Crippen molar-refractivity contribution in [3.8, 4) is 0 Å². The Morgan fingerprint density at radius 1 is 1.08 bits per heavy atom. The van der Waals surface area contributed by atoms with Gasteiger partial charge in [-0.1, -0.05) is 44.2 Å². The summed E-state index contributed by atoms with van der Waals surface area (Å²) in [6.07, 6.45) is 2.52. The molecule has 0 aliphatic rings. The number of amides is 1. The maximum atomic E-state index is 12.2. The van der Waals surface area contributed by atoms with Crippen LogP contribution < -0.4 is 0 Å². The molecule has 2 atom stereocenters. The standard InChI is InChI=1S/C20H31NO3S/c1-6-9-17-10-12-18(13-11-17)19(22)24-15(4)14-16(5)25-20(23)21(7-2)8-3/h10-13,15-16H,6-9,14H2,1-5H3. The summed E-state index contributed by atoms with van der Waals surface area (Å²) in [5.74, 6) is -0.303. The van der Waals surface area contributed by atoms with Crippen molar-refractivity contribution in [2.24, 2.45) is 0 Å². The minimum Gasteiger partial charge on any atom is -0.459 e. The van der Waals surface area contributed by atoms with E-state index in [-0.39, 0.29) is 22.6 Å².